The lowest BCUT2D eigenvalue weighted by Crippen LogP contribution is -2.51. The molecule has 8 heteroatoms. The Kier molecular flexibility index (Phi) is 4.42. The Morgan fingerprint density at radius 3 is 2.54 bits per heavy atom. The van der Waals surface area contributed by atoms with Gasteiger partial charge in [0.2, 0.25) is 11.9 Å². The summed E-state index contributed by atoms with van der Waals surface area (Å²) in [6, 6.07) is 8.97. The second-order valence-corrected chi connectivity index (χ2v) is 7.16. The number of likely N-dealkylation sites (N-methyl/N-ethyl adjacent to an activating group) is 1. The second kappa shape index (κ2) is 6.74. The van der Waals surface area contributed by atoms with E-state index in [4.69, 9.17) is 16.6 Å². The summed E-state index contributed by atoms with van der Waals surface area (Å²) in [5.74, 6) is 1.29. The number of benzene rings is 1. The molecular formula is C18H21ClN6O. The van der Waals surface area contributed by atoms with Gasteiger partial charge in [-0.1, -0.05) is 23.7 Å². The maximum Gasteiger partial charge on any atom is 0.257 e. The maximum absolute atomic E-state index is 12.6. The van der Waals surface area contributed by atoms with Crippen molar-refractivity contribution >= 4 is 23.5 Å². The molecule has 3 heterocycles. The quantitative estimate of drug-likeness (QED) is 0.826. The van der Waals surface area contributed by atoms with Gasteiger partial charge >= 0.3 is 0 Å². The van der Waals surface area contributed by atoms with Gasteiger partial charge in [-0.15, -0.1) is 0 Å². The molecule has 0 amide bonds. The molecule has 1 aromatic heterocycles. The number of rotatable bonds is 1. The lowest BCUT2D eigenvalue weighted by atomic mass is 10.1. The average molecular weight is 373 g/mol. The number of aliphatic imine (C=N–C) groups is 1. The van der Waals surface area contributed by atoms with E-state index in [1.807, 2.05) is 31.2 Å². The molecular weight excluding hydrogens is 352 g/mol. The third kappa shape index (κ3) is 3.20. The zero-order valence-electron chi connectivity index (χ0n) is 14.8. The molecule has 7 nitrogen and oxygen atoms in total. The van der Waals surface area contributed by atoms with Crippen LogP contribution in [0.1, 0.15) is 17.4 Å². The van der Waals surface area contributed by atoms with Crippen molar-refractivity contribution < 1.29 is 0 Å². The van der Waals surface area contributed by atoms with Crippen LogP contribution >= 0.6 is 11.6 Å². The van der Waals surface area contributed by atoms with Gasteiger partial charge in [0, 0.05) is 43.0 Å². The first-order valence-electron chi connectivity index (χ1n) is 8.65. The average Bonchev–Trinajstić information content (AvgIpc) is 2.61. The van der Waals surface area contributed by atoms with Crippen LogP contribution in [0.5, 0.6) is 0 Å². The van der Waals surface area contributed by atoms with E-state index in [-0.39, 0.29) is 5.56 Å². The van der Waals surface area contributed by atoms with E-state index in [1.165, 1.54) is 6.07 Å². The summed E-state index contributed by atoms with van der Waals surface area (Å²) in [6.45, 7) is 5.53. The molecule has 2 aliphatic heterocycles. The van der Waals surface area contributed by atoms with Gasteiger partial charge in [-0.05, 0) is 31.7 Å². The van der Waals surface area contributed by atoms with Crippen molar-refractivity contribution in [1.29, 1.82) is 0 Å². The Labute approximate surface area is 156 Å². The predicted octanol–water partition coefficient (Wildman–Crippen LogP) is 1.78. The summed E-state index contributed by atoms with van der Waals surface area (Å²) in [5, 5.41) is 3.91. The monoisotopic (exact) mass is 372 g/mol. The summed E-state index contributed by atoms with van der Waals surface area (Å²) in [7, 11) is 2.11. The molecule has 2 aromatic rings. The predicted molar refractivity (Wildman–Crippen MR) is 103 cm³/mol. The zero-order chi connectivity index (χ0) is 18.3. The van der Waals surface area contributed by atoms with Crippen LogP contribution in [-0.4, -0.2) is 58.5 Å². The molecule has 1 atom stereocenters. The third-order valence-corrected chi connectivity index (χ3v) is 5.02. The summed E-state index contributed by atoms with van der Waals surface area (Å²) in [5.41, 5.74) is 1.46. The minimum Gasteiger partial charge on any atom is -0.340 e. The largest absolute Gasteiger partial charge is 0.340 e. The van der Waals surface area contributed by atoms with E-state index in [0.717, 1.165) is 37.7 Å². The summed E-state index contributed by atoms with van der Waals surface area (Å²) in [6.07, 6.45) is -0.459. The van der Waals surface area contributed by atoms with Crippen molar-refractivity contribution in [2.45, 2.75) is 13.1 Å². The second-order valence-electron chi connectivity index (χ2n) is 6.72. The van der Waals surface area contributed by atoms with E-state index >= 15 is 0 Å². The van der Waals surface area contributed by atoms with Gasteiger partial charge in [-0.3, -0.25) is 14.7 Å². The van der Waals surface area contributed by atoms with E-state index in [9.17, 15) is 4.79 Å². The van der Waals surface area contributed by atoms with Crippen LogP contribution in [0.2, 0.25) is 5.02 Å². The first kappa shape index (κ1) is 17.1. The van der Waals surface area contributed by atoms with Gasteiger partial charge in [0.05, 0.1) is 0 Å². The highest BCUT2D eigenvalue weighted by molar-refractivity contribution is 6.30. The van der Waals surface area contributed by atoms with E-state index in [2.05, 4.69) is 27.1 Å². The minimum atomic E-state index is -0.459. The lowest BCUT2D eigenvalue weighted by Gasteiger charge is -2.37. The molecule has 1 N–H and O–H groups in total. The van der Waals surface area contributed by atoms with Crippen LogP contribution < -0.4 is 10.9 Å². The SMILES string of the molecule is Cc1cc(=O)n2c(n1)NC(N1CCN(C)CC1)=N[C@H]2c1ccc(Cl)cc1. The minimum absolute atomic E-state index is 0.124. The number of guanidine groups is 1. The Morgan fingerprint density at radius 2 is 1.85 bits per heavy atom. The first-order valence-corrected chi connectivity index (χ1v) is 9.03. The number of nitrogens with zero attached hydrogens (tertiary/aromatic N) is 5. The van der Waals surface area contributed by atoms with Gasteiger partial charge < -0.3 is 9.80 Å². The van der Waals surface area contributed by atoms with Gasteiger partial charge in [0.15, 0.2) is 6.17 Å². The number of anilines is 1. The highest BCUT2D eigenvalue weighted by Gasteiger charge is 2.28. The molecule has 0 radical (unpaired) electrons. The Hall–Kier alpha value is -2.38. The van der Waals surface area contributed by atoms with Crippen molar-refractivity contribution in [3.63, 3.8) is 0 Å². The zero-order valence-corrected chi connectivity index (χ0v) is 15.6. The van der Waals surface area contributed by atoms with Gasteiger partial charge in [0.25, 0.3) is 5.56 Å². The lowest BCUT2D eigenvalue weighted by molar-refractivity contribution is 0.213. The molecule has 26 heavy (non-hydrogen) atoms. The van der Waals surface area contributed by atoms with Gasteiger partial charge in [0.1, 0.15) is 0 Å². The van der Waals surface area contributed by atoms with E-state index in [0.29, 0.717) is 16.7 Å². The smallest absolute Gasteiger partial charge is 0.257 e. The van der Waals surface area contributed by atoms with Crippen LogP contribution in [0.4, 0.5) is 5.95 Å². The fraction of sp³-hybridized carbons (Fsp3) is 0.389. The molecule has 1 aromatic carbocycles. The van der Waals surface area contributed by atoms with Crippen LogP contribution in [0, 0.1) is 6.92 Å². The van der Waals surface area contributed by atoms with E-state index in [1.54, 1.807) is 4.57 Å². The molecule has 0 saturated carbocycles. The van der Waals surface area contributed by atoms with E-state index < -0.39 is 6.17 Å². The van der Waals surface area contributed by atoms with Crippen molar-refractivity contribution in [3.05, 3.63) is 57.0 Å². The number of aryl methyl sites for hydroxylation is 1. The molecule has 1 fully saturated rings. The highest BCUT2D eigenvalue weighted by Crippen LogP contribution is 2.27. The van der Waals surface area contributed by atoms with Crippen LogP contribution in [0.15, 0.2) is 40.1 Å². The molecule has 1 saturated heterocycles. The van der Waals surface area contributed by atoms with Crippen molar-refractivity contribution in [2.75, 3.05) is 38.5 Å². The number of hydrogen-bond acceptors (Lipinski definition) is 6. The Balaban J connectivity index is 1.78. The highest BCUT2D eigenvalue weighted by atomic mass is 35.5. The summed E-state index contributed by atoms with van der Waals surface area (Å²) >= 11 is 6.03. The molecule has 0 bridgehead atoms. The number of fused-ring (bicyclic) bond motifs is 1. The Bertz CT molecular complexity index is 899. The molecule has 0 spiro atoms. The third-order valence-electron chi connectivity index (χ3n) is 4.76. The number of aromatic nitrogens is 2. The summed E-state index contributed by atoms with van der Waals surface area (Å²) in [4.78, 5) is 26.5. The standard InChI is InChI=1S/C18H21ClN6O/c1-12-11-15(26)25-16(13-3-5-14(19)6-4-13)21-17(22-18(25)20-12)24-9-7-23(2)8-10-24/h3-6,11,16H,7-10H2,1-2H3,(H,20,21,22)/t16-/m1/s1. The number of nitrogens with one attached hydrogen (secondary N) is 1. The normalized spacial score (nSPS) is 20.3. The first-order chi connectivity index (χ1) is 12.5. The van der Waals surface area contributed by atoms with Crippen molar-refractivity contribution in [3.8, 4) is 0 Å². The number of hydrogen-bond donors (Lipinski definition) is 1. The molecule has 2 aliphatic rings. The van der Waals surface area contributed by atoms with Crippen LogP contribution in [0.3, 0.4) is 0 Å². The molecule has 0 unspecified atom stereocenters. The number of halogens is 1. The molecule has 136 valence electrons. The summed E-state index contributed by atoms with van der Waals surface area (Å²) < 4.78 is 1.59. The maximum atomic E-state index is 12.6. The topological polar surface area (TPSA) is 65.8 Å². The van der Waals surface area contributed by atoms with Crippen LogP contribution in [-0.2, 0) is 0 Å². The fourth-order valence-corrected chi connectivity index (χ4v) is 3.40. The number of piperazine rings is 1. The van der Waals surface area contributed by atoms with Crippen molar-refractivity contribution in [2.24, 2.45) is 4.99 Å². The fourth-order valence-electron chi connectivity index (χ4n) is 3.27. The molecule has 4 rings (SSSR count). The van der Waals surface area contributed by atoms with Gasteiger partial charge in [-0.2, -0.15) is 0 Å². The van der Waals surface area contributed by atoms with Gasteiger partial charge in [-0.25, -0.2) is 9.98 Å². The molecule has 0 aliphatic carbocycles. The Morgan fingerprint density at radius 1 is 1.15 bits per heavy atom. The van der Waals surface area contributed by atoms with Crippen LogP contribution in [0.25, 0.3) is 0 Å². The van der Waals surface area contributed by atoms with Crippen molar-refractivity contribution in [1.82, 2.24) is 19.4 Å².